The van der Waals surface area contributed by atoms with Crippen molar-refractivity contribution in [2.75, 3.05) is 27.3 Å². The number of piperidine rings is 1. The van der Waals surface area contributed by atoms with Crippen LogP contribution in [0.4, 0.5) is 0 Å². The summed E-state index contributed by atoms with van der Waals surface area (Å²) in [6.07, 6.45) is 4.35. The Balaban J connectivity index is 1.60. The van der Waals surface area contributed by atoms with Gasteiger partial charge in [0.05, 0.1) is 26.0 Å². The summed E-state index contributed by atoms with van der Waals surface area (Å²) in [4.78, 5) is 26.8. The normalized spacial score (nSPS) is 14.7. The molecule has 1 aliphatic heterocycles. The number of likely N-dealkylation sites (tertiary alicyclic amines) is 1. The molecule has 3 rings (SSSR count). The summed E-state index contributed by atoms with van der Waals surface area (Å²) in [6, 6.07) is 5.10. The first-order valence-electron chi connectivity index (χ1n) is 8.88. The van der Waals surface area contributed by atoms with Crippen LogP contribution >= 0.6 is 0 Å². The Bertz CT molecular complexity index is 783. The van der Waals surface area contributed by atoms with Crippen molar-refractivity contribution < 1.29 is 23.5 Å². The summed E-state index contributed by atoms with van der Waals surface area (Å²) in [6.45, 7) is 3.07. The van der Waals surface area contributed by atoms with E-state index in [-0.39, 0.29) is 17.9 Å². The lowest BCUT2D eigenvalue weighted by Crippen LogP contribution is -2.46. The van der Waals surface area contributed by atoms with Crippen LogP contribution in [0.25, 0.3) is 0 Å². The molecule has 1 fully saturated rings. The highest BCUT2D eigenvalue weighted by molar-refractivity contribution is 5.96. The first kappa shape index (κ1) is 18.8. The number of ether oxygens (including phenoxy) is 2. The van der Waals surface area contributed by atoms with E-state index in [4.69, 9.17) is 13.9 Å². The van der Waals surface area contributed by atoms with Crippen LogP contribution in [-0.2, 0) is 0 Å². The Morgan fingerprint density at radius 3 is 2.26 bits per heavy atom. The number of nitrogens with one attached hydrogen (secondary N) is 1. The zero-order valence-electron chi connectivity index (χ0n) is 15.8. The number of nitrogens with zero attached hydrogens (tertiary/aromatic N) is 1. The lowest BCUT2D eigenvalue weighted by molar-refractivity contribution is 0.0697. The Kier molecular flexibility index (Phi) is 5.69. The molecule has 1 N–H and O–H groups in total. The molecule has 2 heterocycles. The van der Waals surface area contributed by atoms with E-state index in [0.717, 1.165) is 5.56 Å². The second-order valence-corrected chi connectivity index (χ2v) is 6.56. The van der Waals surface area contributed by atoms with Crippen molar-refractivity contribution in [1.29, 1.82) is 0 Å². The van der Waals surface area contributed by atoms with E-state index in [9.17, 15) is 9.59 Å². The van der Waals surface area contributed by atoms with Crippen LogP contribution in [0.5, 0.6) is 11.5 Å². The first-order valence-corrected chi connectivity index (χ1v) is 8.88. The van der Waals surface area contributed by atoms with E-state index in [1.165, 1.54) is 12.5 Å². The largest absolute Gasteiger partial charge is 0.496 e. The van der Waals surface area contributed by atoms with Gasteiger partial charge >= 0.3 is 0 Å². The number of methoxy groups -OCH3 is 2. The summed E-state index contributed by atoms with van der Waals surface area (Å²) in [5, 5.41) is 3.04. The number of carbonyl (C=O) groups excluding carboxylic acids is 2. The molecule has 7 nitrogen and oxygen atoms in total. The van der Waals surface area contributed by atoms with Gasteiger partial charge in [-0.2, -0.15) is 0 Å². The minimum atomic E-state index is -0.175. The Labute approximate surface area is 158 Å². The maximum absolute atomic E-state index is 12.6. The number of amides is 2. The van der Waals surface area contributed by atoms with E-state index >= 15 is 0 Å². The SMILES string of the molecule is COc1cc(C(=O)NC2CCN(C(=O)c3ccoc3)CC2)cc(OC)c1C. The summed E-state index contributed by atoms with van der Waals surface area (Å²) >= 11 is 0. The van der Waals surface area contributed by atoms with Crippen molar-refractivity contribution in [3.05, 3.63) is 47.4 Å². The van der Waals surface area contributed by atoms with Gasteiger partial charge in [-0.1, -0.05) is 0 Å². The Morgan fingerprint density at radius 1 is 1.11 bits per heavy atom. The van der Waals surface area contributed by atoms with Crippen LogP contribution in [0, 0.1) is 6.92 Å². The molecule has 144 valence electrons. The van der Waals surface area contributed by atoms with Crippen LogP contribution in [0.3, 0.4) is 0 Å². The van der Waals surface area contributed by atoms with Crippen LogP contribution in [0.15, 0.2) is 35.1 Å². The standard InChI is InChI=1S/C20H24N2O5/c1-13-17(25-2)10-15(11-18(13)26-3)19(23)21-16-4-7-22(8-5-16)20(24)14-6-9-27-12-14/h6,9-12,16H,4-5,7-8H2,1-3H3,(H,21,23). The molecular formula is C20H24N2O5. The zero-order valence-corrected chi connectivity index (χ0v) is 15.8. The van der Waals surface area contributed by atoms with Crippen LogP contribution in [0.1, 0.15) is 39.1 Å². The van der Waals surface area contributed by atoms with Gasteiger partial charge in [-0.25, -0.2) is 0 Å². The maximum Gasteiger partial charge on any atom is 0.257 e. The number of hydrogen-bond donors (Lipinski definition) is 1. The van der Waals surface area contributed by atoms with Crippen molar-refractivity contribution in [1.82, 2.24) is 10.2 Å². The van der Waals surface area contributed by atoms with Crippen LogP contribution < -0.4 is 14.8 Å². The van der Waals surface area contributed by atoms with Crippen LogP contribution in [0.2, 0.25) is 0 Å². The molecule has 0 radical (unpaired) electrons. The van der Waals surface area contributed by atoms with E-state index in [0.29, 0.717) is 48.6 Å². The topological polar surface area (TPSA) is 81.0 Å². The van der Waals surface area contributed by atoms with Crippen molar-refractivity contribution in [3.8, 4) is 11.5 Å². The molecular weight excluding hydrogens is 348 g/mol. The third kappa shape index (κ3) is 4.07. The minimum absolute atomic E-state index is 0.0178. The molecule has 7 heteroatoms. The van der Waals surface area contributed by atoms with Gasteiger partial charge in [0.1, 0.15) is 17.8 Å². The molecule has 0 spiro atoms. The third-order valence-corrected chi connectivity index (χ3v) is 4.90. The number of rotatable bonds is 5. The molecule has 1 aromatic heterocycles. The van der Waals surface area contributed by atoms with Gasteiger partial charge in [0.25, 0.3) is 11.8 Å². The molecule has 2 amide bonds. The Hall–Kier alpha value is -2.96. The van der Waals surface area contributed by atoms with E-state index in [1.807, 2.05) is 6.92 Å². The number of carbonyl (C=O) groups is 2. The average Bonchev–Trinajstić information content (AvgIpc) is 3.23. The Morgan fingerprint density at radius 2 is 1.74 bits per heavy atom. The first-order chi connectivity index (χ1) is 13.0. The van der Waals surface area contributed by atoms with E-state index in [2.05, 4.69) is 5.32 Å². The highest BCUT2D eigenvalue weighted by atomic mass is 16.5. The van der Waals surface area contributed by atoms with Crippen molar-refractivity contribution in [3.63, 3.8) is 0 Å². The minimum Gasteiger partial charge on any atom is -0.496 e. The van der Waals surface area contributed by atoms with E-state index < -0.39 is 0 Å². The average molecular weight is 372 g/mol. The summed E-state index contributed by atoms with van der Waals surface area (Å²) in [7, 11) is 3.13. The second-order valence-electron chi connectivity index (χ2n) is 6.56. The fourth-order valence-corrected chi connectivity index (χ4v) is 3.28. The van der Waals surface area contributed by atoms with Gasteiger partial charge in [0, 0.05) is 30.3 Å². The predicted molar refractivity (Wildman–Crippen MR) is 99.4 cm³/mol. The molecule has 1 saturated heterocycles. The smallest absolute Gasteiger partial charge is 0.257 e. The van der Waals surface area contributed by atoms with Gasteiger partial charge in [0.2, 0.25) is 0 Å². The monoisotopic (exact) mass is 372 g/mol. The fraction of sp³-hybridized carbons (Fsp3) is 0.400. The lowest BCUT2D eigenvalue weighted by atomic mass is 10.0. The molecule has 2 aromatic rings. The maximum atomic E-state index is 12.6. The summed E-state index contributed by atoms with van der Waals surface area (Å²) in [5.41, 5.74) is 1.89. The number of furan rings is 1. The summed E-state index contributed by atoms with van der Waals surface area (Å²) in [5.74, 6) is 1.01. The quantitative estimate of drug-likeness (QED) is 0.873. The van der Waals surface area contributed by atoms with Crippen LogP contribution in [-0.4, -0.2) is 50.1 Å². The molecule has 0 atom stereocenters. The van der Waals surface area contributed by atoms with E-state index in [1.54, 1.807) is 37.3 Å². The molecule has 1 aliphatic rings. The molecule has 0 bridgehead atoms. The predicted octanol–water partition coefficient (Wildman–Crippen LogP) is 2.64. The summed E-state index contributed by atoms with van der Waals surface area (Å²) < 4.78 is 15.6. The second kappa shape index (κ2) is 8.16. The highest BCUT2D eigenvalue weighted by Gasteiger charge is 2.25. The molecule has 0 saturated carbocycles. The number of hydrogen-bond acceptors (Lipinski definition) is 5. The van der Waals surface area contributed by atoms with Crippen molar-refractivity contribution in [2.45, 2.75) is 25.8 Å². The third-order valence-electron chi connectivity index (χ3n) is 4.90. The van der Waals surface area contributed by atoms with Gasteiger partial charge in [0.15, 0.2) is 0 Å². The molecule has 0 aliphatic carbocycles. The van der Waals surface area contributed by atoms with Gasteiger partial charge in [-0.3, -0.25) is 9.59 Å². The van der Waals surface area contributed by atoms with Gasteiger partial charge in [-0.15, -0.1) is 0 Å². The zero-order chi connectivity index (χ0) is 19.4. The highest BCUT2D eigenvalue weighted by Crippen LogP contribution is 2.29. The van der Waals surface area contributed by atoms with Gasteiger partial charge < -0.3 is 24.1 Å². The van der Waals surface area contributed by atoms with Crippen molar-refractivity contribution in [2.24, 2.45) is 0 Å². The molecule has 27 heavy (non-hydrogen) atoms. The van der Waals surface area contributed by atoms with Crippen molar-refractivity contribution >= 4 is 11.8 Å². The lowest BCUT2D eigenvalue weighted by Gasteiger charge is -2.32. The fourth-order valence-electron chi connectivity index (χ4n) is 3.28. The van der Waals surface area contributed by atoms with Gasteiger partial charge in [-0.05, 0) is 38.0 Å². The number of benzene rings is 1. The molecule has 1 aromatic carbocycles. The molecule has 0 unspecified atom stereocenters.